The zero-order valence-corrected chi connectivity index (χ0v) is 13.3. The second kappa shape index (κ2) is 9.65. The van der Waals surface area contributed by atoms with Crippen LogP contribution in [0.25, 0.3) is 0 Å². The first-order valence-electron chi connectivity index (χ1n) is 8.00. The molecule has 0 unspecified atom stereocenters. The van der Waals surface area contributed by atoms with Crippen LogP contribution in [0.3, 0.4) is 0 Å². The Bertz CT molecular complexity index is 359. The first kappa shape index (κ1) is 16.8. The van der Waals surface area contributed by atoms with Crippen molar-refractivity contribution >= 4 is 11.4 Å². The average Bonchev–Trinajstić information content (AvgIpc) is 2.45. The molecule has 0 amide bonds. The molecule has 114 valence electrons. The molecular formula is C17H31N3. The van der Waals surface area contributed by atoms with Crippen molar-refractivity contribution in [2.45, 2.75) is 52.5 Å². The van der Waals surface area contributed by atoms with Crippen LogP contribution in [0.1, 0.15) is 46.5 Å². The Morgan fingerprint density at radius 1 is 1.10 bits per heavy atom. The molecule has 20 heavy (non-hydrogen) atoms. The van der Waals surface area contributed by atoms with E-state index in [1.807, 2.05) is 0 Å². The first-order chi connectivity index (χ1) is 9.69. The van der Waals surface area contributed by atoms with Gasteiger partial charge in [0.15, 0.2) is 0 Å². The predicted molar refractivity (Wildman–Crippen MR) is 90.4 cm³/mol. The van der Waals surface area contributed by atoms with Gasteiger partial charge in [-0.25, -0.2) is 0 Å². The lowest BCUT2D eigenvalue weighted by molar-refractivity contribution is 0.461. The number of benzene rings is 1. The molecule has 4 N–H and O–H groups in total. The Hall–Kier alpha value is -1.22. The van der Waals surface area contributed by atoms with E-state index in [9.17, 15) is 0 Å². The summed E-state index contributed by atoms with van der Waals surface area (Å²) < 4.78 is 0. The molecule has 0 saturated carbocycles. The maximum absolute atomic E-state index is 5.64. The Kier molecular flexibility index (Phi) is 8.12. The van der Waals surface area contributed by atoms with Gasteiger partial charge in [0, 0.05) is 30.5 Å². The van der Waals surface area contributed by atoms with Gasteiger partial charge in [0.2, 0.25) is 0 Å². The highest BCUT2D eigenvalue weighted by Crippen LogP contribution is 2.18. The second-order valence-corrected chi connectivity index (χ2v) is 5.69. The molecular weight excluding hydrogens is 246 g/mol. The maximum Gasteiger partial charge on any atom is 0.0363 e. The van der Waals surface area contributed by atoms with Crippen LogP contribution >= 0.6 is 0 Å². The molecule has 0 aliphatic rings. The summed E-state index contributed by atoms with van der Waals surface area (Å²) in [4.78, 5) is 0. The highest BCUT2D eigenvalue weighted by molar-refractivity contribution is 5.57. The van der Waals surface area contributed by atoms with Crippen molar-refractivity contribution in [2.75, 3.05) is 23.7 Å². The van der Waals surface area contributed by atoms with Crippen LogP contribution in [0.5, 0.6) is 0 Å². The molecule has 0 bridgehead atoms. The van der Waals surface area contributed by atoms with Crippen LogP contribution in [-0.4, -0.2) is 19.1 Å². The summed E-state index contributed by atoms with van der Waals surface area (Å²) in [6, 6.07) is 8.78. The number of hydrogen-bond donors (Lipinski definition) is 3. The topological polar surface area (TPSA) is 50.1 Å². The highest BCUT2D eigenvalue weighted by Gasteiger charge is 2.06. The van der Waals surface area contributed by atoms with Gasteiger partial charge in [-0.3, -0.25) is 0 Å². The van der Waals surface area contributed by atoms with Crippen LogP contribution in [-0.2, 0) is 0 Å². The van der Waals surface area contributed by atoms with E-state index >= 15 is 0 Å². The molecule has 0 saturated heterocycles. The fourth-order valence-corrected chi connectivity index (χ4v) is 2.49. The van der Waals surface area contributed by atoms with E-state index in [0.717, 1.165) is 18.2 Å². The molecule has 0 fully saturated rings. The zero-order chi connectivity index (χ0) is 14.8. The molecule has 3 heteroatoms. The largest absolute Gasteiger partial charge is 0.385 e. The maximum atomic E-state index is 5.64. The summed E-state index contributed by atoms with van der Waals surface area (Å²) in [7, 11) is 0. The van der Waals surface area contributed by atoms with Gasteiger partial charge in [-0.1, -0.05) is 32.8 Å². The predicted octanol–water partition coefficient (Wildman–Crippen LogP) is 4.07. The molecule has 1 aromatic carbocycles. The molecule has 0 aliphatic heterocycles. The van der Waals surface area contributed by atoms with E-state index in [1.165, 1.54) is 31.4 Å². The first-order valence-corrected chi connectivity index (χ1v) is 8.00. The fourth-order valence-electron chi connectivity index (χ4n) is 2.49. The van der Waals surface area contributed by atoms with E-state index in [2.05, 4.69) is 55.7 Å². The lowest BCUT2D eigenvalue weighted by Crippen LogP contribution is -2.25. The van der Waals surface area contributed by atoms with Crippen molar-refractivity contribution in [1.29, 1.82) is 0 Å². The fraction of sp³-hybridized carbons (Fsp3) is 0.647. The standard InChI is InChI=1S/C17H31N3/c1-4-7-15(8-5-2)13-19-16-9-6-10-17(11-16)20-14(3)12-18/h6,9-11,14-15,19-20H,4-5,7-8,12-13,18H2,1-3H3/t14-/m1/s1. The van der Waals surface area contributed by atoms with Crippen LogP contribution < -0.4 is 16.4 Å². The molecule has 0 spiro atoms. The van der Waals surface area contributed by atoms with Crippen molar-refractivity contribution in [2.24, 2.45) is 11.7 Å². The lowest BCUT2D eigenvalue weighted by Gasteiger charge is -2.18. The Balaban J connectivity index is 2.52. The normalized spacial score (nSPS) is 12.4. The quantitative estimate of drug-likeness (QED) is 0.604. The third-order valence-electron chi connectivity index (χ3n) is 3.62. The third kappa shape index (κ3) is 6.29. The lowest BCUT2D eigenvalue weighted by atomic mass is 9.98. The van der Waals surface area contributed by atoms with Crippen LogP contribution in [0.4, 0.5) is 11.4 Å². The van der Waals surface area contributed by atoms with Crippen molar-refractivity contribution in [3.8, 4) is 0 Å². The second-order valence-electron chi connectivity index (χ2n) is 5.69. The van der Waals surface area contributed by atoms with Gasteiger partial charge in [-0.15, -0.1) is 0 Å². The summed E-state index contributed by atoms with van der Waals surface area (Å²) >= 11 is 0. The van der Waals surface area contributed by atoms with Gasteiger partial charge in [0.25, 0.3) is 0 Å². The van der Waals surface area contributed by atoms with E-state index in [4.69, 9.17) is 5.73 Å². The van der Waals surface area contributed by atoms with Crippen LogP contribution in [0.15, 0.2) is 24.3 Å². The molecule has 0 radical (unpaired) electrons. The van der Waals surface area contributed by atoms with Crippen molar-refractivity contribution in [3.05, 3.63) is 24.3 Å². The van der Waals surface area contributed by atoms with Crippen LogP contribution in [0.2, 0.25) is 0 Å². The van der Waals surface area contributed by atoms with E-state index in [-0.39, 0.29) is 0 Å². The van der Waals surface area contributed by atoms with Gasteiger partial charge in [0.05, 0.1) is 0 Å². The van der Waals surface area contributed by atoms with Gasteiger partial charge < -0.3 is 16.4 Å². The Morgan fingerprint density at radius 2 is 1.75 bits per heavy atom. The molecule has 1 aromatic rings. The van der Waals surface area contributed by atoms with E-state index < -0.39 is 0 Å². The van der Waals surface area contributed by atoms with Crippen molar-refractivity contribution < 1.29 is 0 Å². The summed E-state index contributed by atoms with van der Waals surface area (Å²) in [6.45, 7) is 8.34. The minimum absolute atomic E-state index is 0.304. The van der Waals surface area contributed by atoms with Gasteiger partial charge >= 0.3 is 0 Å². The summed E-state index contributed by atoms with van der Waals surface area (Å²) in [5, 5.41) is 6.98. The zero-order valence-electron chi connectivity index (χ0n) is 13.3. The molecule has 0 aromatic heterocycles. The highest BCUT2D eigenvalue weighted by atomic mass is 14.9. The number of anilines is 2. The third-order valence-corrected chi connectivity index (χ3v) is 3.62. The SMILES string of the molecule is CCCC(CCC)CNc1cccc(N[C@H](C)CN)c1. The number of rotatable bonds is 10. The van der Waals surface area contributed by atoms with E-state index in [1.54, 1.807) is 0 Å². The monoisotopic (exact) mass is 277 g/mol. The van der Waals surface area contributed by atoms with Gasteiger partial charge in [-0.05, 0) is 43.9 Å². The Morgan fingerprint density at radius 3 is 2.35 bits per heavy atom. The number of hydrogen-bond acceptors (Lipinski definition) is 3. The summed E-state index contributed by atoms with van der Waals surface area (Å²) in [6.07, 6.45) is 5.15. The van der Waals surface area contributed by atoms with Crippen molar-refractivity contribution in [3.63, 3.8) is 0 Å². The minimum Gasteiger partial charge on any atom is -0.385 e. The van der Waals surface area contributed by atoms with Gasteiger partial charge in [0.1, 0.15) is 0 Å². The molecule has 0 heterocycles. The molecule has 3 nitrogen and oxygen atoms in total. The molecule has 1 atom stereocenters. The van der Waals surface area contributed by atoms with Gasteiger partial charge in [-0.2, -0.15) is 0 Å². The van der Waals surface area contributed by atoms with Crippen molar-refractivity contribution in [1.82, 2.24) is 0 Å². The number of nitrogens with one attached hydrogen (secondary N) is 2. The minimum atomic E-state index is 0.304. The molecule has 0 aliphatic carbocycles. The summed E-state index contributed by atoms with van der Waals surface area (Å²) in [5.41, 5.74) is 7.97. The summed E-state index contributed by atoms with van der Waals surface area (Å²) in [5.74, 6) is 0.782. The van der Waals surface area contributed by atoms with E-state index in [0.29, 0.717) is 12.6 Å². The smallest absolute Gasteiger partial charge is 0.0363 e. The van der Waals surface area contributed by atoms with Crippen LogP contribution in [0, 0.1) is 5.92 Å². The molecule has 1 rings (SSSR count). The number of nitrogens with two attached hydrogens (primary N) is 1. The average molecular weight is 277 g/mol. The Labute approximate surface area is 124 Å².